The number of carbonyl (C=O) groups is 1. The second-order valence-electron chi connectivity index (χ2n) is 3.69. The first-order valence-corrected chi connectivity index (χ1v) is 6.38. The summed E-state index contributed by atoms with van der Waals surface area (Å²) in [5, 5.41) is 0.809. The summed E-state index contributed by atoms with van der Waals surface area (Å²) in [5.41, 5.74) is 1.94. The van der Waals surface area contributed by atoms with Gasteiger partial charge in [0.1, 0.15) is 5.03 Å². The average molecular weight is 243 g/mol. The predicted molar refractivity (Wildman–Crippen MR) is 70.2 cm³/mol. The van der Waals surface area contributed by atoms with Crippen LogP contribution in [0.2, 0.25) is 0 Å². The monoisotopic (exact) mass is 243 g/mol. The molecule has 0 aliphatic heterocycles. The smallest absolute Gasteiger partial charge is 0.162 e. The molecule has 1 heterocycles. The molecule has 0 amide bonds. The first kappa shape index (κ1) is 11.9. The fourth-order valence-electron chi connectivity index (χ4n) is 1.50. The van der Waals surface area contributed by atoms with Gasteiger partial charge in [-0.1, -0.05) is 30.3 Å². The van der Waals surface area contributed by atoms with E-state index in [1.165, 1.54) is 5.56 Å². The lowest BCUT2D eigenvalue weighted by Gasteiger charge is -2.05. The van der Waals surface area contributed by atoms with Gasteiger partial charge in [0.15, 0.2) is 5.78 Å². The lowest BCUT2D eigenvalue weighted by Crippen LogP contribution is -1.97. The van der Waals surface area contributed by atoms with Crippen molar-refractivity contribution in [3.8, 4) is 0 Å². The summed E-state index contributed by atoms with van der Waals surface area (Å²) in [5.74, 6) is 0.895. The van der Waals surface area contributed by atoms with Gasteiger partial charge in [0, 0.05) is 17.5 Å². The number of pyridine rings is 1. The van der Waals surface area contributed by atoms with Gasteiger partial charge in [-0.25, -0.2) is 4.98 Å². The van der Waals surface area contributed by atoms with Crippen LogP contribution < -0.4 is 0 Å². The molecule has 0 spiro atoms. The van der Waals surface area contributed by atoms with Crippen LogP contribution in [0, 0.1) is 0 Å². The standard InChI is InChI=1S/C14H13NOS/c1-11(16)13-8-5-9-15-14(13)17-10-12-6-3-2-4-7-12/h2-9H,10H2,1H3. The maximum Gasteiger partial charge on any atom is 0.162 e. The Kier molecular flexibility index (Phi) is 3.94. The predicted octanol–water partition coefficient (Wildman–Crippen LogP) is 3.58. The summed E-state index contributed by atoms with van der Waals surface area (Å²) in [6, 6.07) is 13.8. The third-order valence-electron chi connectivity index (χ3n) is 2.37. The molecule has 2 aromatic rings. The molecule has 0 aliphatic rings. The zero-order valence-electron chi connectivity index (χ0n) is 9.59. The highest BCUT2D eigenvalue weighted by molar-refractivity contribution is 7.98. The molecule has 2 rings (SSSR count). The van der Waals surface area contributed by atoms with Crippen molar-refractivity contribution in [1.82, 2.24) is 4.98 Å². The third-order valence-corrected chi connectivity index (χ3v) is 3.45. The van der Waals surface area contributed by atoms with Crippen LogP contribution in [0.5, 0.6) is 0 Å². The highest BCUT2D eigenvalue weighted by atomic mass is 32.2. The summed E-state index contributed by atoms with van der Waals surface area (Å²) in [6.07, 6.45) is 1.72. The molecule has 0 radical (unpaired) electrons. The zero-order valence-corrected chi connectivity index (χ0v) is 10.4. The Hall–Kier alpha value is -1.61. The topological polar surface area (TPSA) is 30.0 Å². The minimum absolute atomic E-state index is 0.0636. The Morgan fingerprint density at radius 1 is 1.18 bits per heavy atom. The van der Waals surface area contributed by atoms with Gasteiger partial charge in [-0.3, -0.25) is 4.79 Å². The molecule has 1 aromatic carbocycles. The van der Waals surface area contributed by atoms with E-state index in [1.54, 1.807) is 30.9 Å². The van der Waals surface area contributed by atoms with Gasteiger partial charge in [0.2, 0.25) is 0 Å². The molecule has 0 N–H and O–H groups in total. The Bertz CT molecular complexity index is 511. The summed E-state index contributed by atoms with van der Waals surface area (Å²) < 4.78 is 0. The largest absolute Gasteiger partial charge is 0.294 e. The van der Waals surface area contributed by atoms with Crippen LogP contribution in [0.1, 0.15) is 22.8 Å². The quantitative estimate of drug-likeness (QED) is 0.607. The third kappa shape index (κ3) is 3.17. The van der Waals surface area contributed by atoms with Crippen LogP contribution in [0.15, 0.2) is 53.7 Å². The first-order chi connectivity index (χ1) is 8.27. The van der Waals surface area contributed by atoms with Gasteiger partial charge in [-0.15, -0.1) is 11.8 Å². The van der Waals surface area contributed by atoms with Gasteiger partial charge in [-0.2, -0.15) is 0 Å². The molecule has 0 atom stereocenters. The van der Waals surface area contributed by atoms with Gasteiger partial charge < -0.3 is 0 Å². The molecular weight excluding hydrogens is 230 g/mol. The number of benzene rings is 1. The Balaban J connectivity index is 2.12. The molecule has 17 heavy (non-hydrogen) atoms. The van der Waals surface area contributed by atoms with Crippen LogP contribution in [0.4, 0.5) is 0 Å². The normalized spacial score (nSPS) is 10.2. The minimum Gasteiger partial charge on any atom is -0.294 e. The summed E-state index contributed by atoms with van der Waals surface area (Å²) in [6.45, 7) is 1.57. The van der Waals surface area contributed by atoms with Crippen molar-refractivity contribution < 1.29 is 4.79 Å². The average Bonchev–Trinajstić information content (AvgIpc) is 2.38. The maximum atomic E-state index is 11.4. The van der Waals surface area contributed by atoms with Crippen molar-refractivity contribution in [2.45, 2.75) is 17.7 Å². The van der Waals surface area contributed by atoms with Crippen LogP contribution >= 0.6 is 11.8 Å². The van der Waals surface area contributed by atoms with E-state index >= 15 is 0 Å². The Labute approximate surface area is 105 Å². The number of rotatable bonds is 4. The van der Waals surface area contributed by atoms with Gasteiger partial charge in [0.25, 0.3) is 0 Å². The SMILES string of the molecule is CC(=O)c1cccnc1SCc1ccccc1. The second-order valence-corrected chi connectivity index (χ2v) is 4.65. The Morgan fingerprint density at radius 2 is 1.94 bits per heavy atom. The number of thioether (sulfide) groups is 1. The van der Waals surface area contributed by atoms with Gasteiger partial charge in [0.05, 0.1) is 0 Å². The van der Waals surface area contributed by atoms with E-state index in [9.17, 15) is 4.79 Å². The van der Waals surface area contributed by atoms with Crippen molar-refractivity contribution in [3.05, 3.63) is 59.8 Å². The lowest BCUT2D eigenvalue weighted by atomic mass is 10.2. The number of ketones is 1. The van der Waals surface area contributed by atoms with E-state index in [4.69, 9.17) is 0 Å². The van der Waals surface area contributed by atoms with E-state index in [2.05, 4.69) is 17.1 Å². The lowest BCUT2D eigenvalue weighted by molar-refractivity contribution is 0.101. The fraction of sp³-hybridized carbons (Fsp3) is 0.143. The molecule has 0 saturated heterocycles. The highest BCUT2D eigenvalue weighted by Crippen LogP contribution is 2.24. The number of hydrogen-bond donors (Lipinski definition) is 0. The zero-order chi connectivity index (χ0) is 12.1. The fourth-order valence-corrected chi connectivity index (χ4v) is 2.50. The van der Waals surface area contributed by atoms with E-state index in [-0.39, 0.29) is 5.78 Å². The van der Waals surface area contributed by atoms with E-state index in [0.29, 0.717) is 5.56 Å². The molecular formula is C14H13NOS. The molecule has 0 aliphatic carbocycles. The summed E-state index contributed by atoms with van der Waals surface area (Å²) >= 11 is 1.60. The number of Topliss-reactive ketones (excluding diaryl/α,β-unsaturated/α-hetero) is 1. The molecule has 86 valence electrons. The minimum atomic E-state index is 0.0636. The van der Waals surface area contributed by atoms with Crippen molar-refractivity contribution in [3.63, 3.8) is 0 Å². The summed E-state index contributed by atoms with van der Waals surface area (Å²) in [4.78, 5) is 15.7. The first-order valence-electron chi connectivity index (χ1n) is 5.40. The molecule has 1 aromatic heterocycles. The Morgan fingerprint density at radius 3 is 2.65 bits per heavy atom. The molecule has 3 heteroatoms. The van der Waals surface area contributed by atoms with Crippen molar-refractivity contribution in [2.24, 2.45) is 0 Å². The number of carbonyl (C=O) groups excluding carboxylic acids is 1. The van der Waals surface area contributed by atoms with Crippen molar-refractivity contribution in [1.29, 1.82) is 0 Å². The summed E-state index contributed by atoms with van der Waals surface area (Å²) in [7, 11) is 0. The highest BCUT2D eigenvalue weighted by Gasteiger charge is 2.08. The van der Waals surface area contributed by atoms with Gasteiger partial charge >= 0.3 is 0 Å². The van der Waals surface area contributed by atoms with E-state index in [1.807, 2.05) is 24.3 Å². The van der Waals surface area contributed by atoms with Gasteiger partial charge in [-0.05, 0) is 24.6 Å². The van der Waals surface area contributed by atoms with Crippen LogP contribution in [0.25, 0.3) is 0 Å². The van der Waals surface area contributed by atoms with Crippen molar-refractivity contribution >= 4 is 17.5 Å². The van der Waals surface area contributed by atoms with E-state index in [0.717, 1.165) is 10.8 Å². The molecule has 2 nitrogen and oxygen atoms in total. The van der Waals surface area contributed by atoms with Crippen LogP contribution in [-0.4, -0.2) is 10.8 Å². The number of nitrogens with zero attached hydrogens (tertiary/aromatic N) is 1. The van der Waals surface area contributed by atoms with Crippen molar-refractivity contribution in [2.75, 3.05) is 0 Å². The maximum absolute atomic E-state index is 11.4. The molecule has 0 bridgehead atoms. The molecule has 0 saturated carbocycles. The second kappa shape index (κ2) is 5.64. The van der Waals surface area contributed by atoms with Crippen LogP contribution in [0.3, 0.4) is 0 Å². The number of aromatic nitrogens is 1. The molecule has 0 unspecified atom stereocenters. The van der Waals surface area contributed by atoms with Crippen LogP contribution in [-0.2, 0) is 5.75 Å². The van der Waals surface area contributed by atoms with E-state index < -0.39 is 0 Å². The molecule has 0 fully saturated rings. The number of hydrogen-bond acceptors (Lipinski definition) is 3.